The molecule has 0 saturated heterocycles. The molecule has 0 radical (unpaired) electrons. The van der Waals surface area contributed by atoms with E-state index in [0.29, 0.717) is 23.4 Å². The van der Waals surface area contributed by atoms with Crippen LogP contribution in [0.15, 0.2) is 48.5 Å². The topological polar surface area (TPSA) is 87.3 Å². The van der Waals surface area contributed by atoms with Gasteiger partial charge in [-0.3, -0.25) is 14.4 Å². The van der Waals surface area contributed by atoms with Gasteiger partial charge in [0.2, 0.25) is 11.8 Å². The lowest BCUT2D eigenvalue weighted by molar-refractivity contribution is -0.123. The molecule has 7 heteroatoms. The molecule has 0 atom stereocenters. The summed E-state index contributed by atoms with van der Waals surface area (Å²) in [6, 6.07) is 12.2. The number of benzene rings is 2. The van der Waals surface area contributed by atoms with Crippen LogP contribution in [-0.4, -0.2) is 30.8 Å². The predicted molar refractivity (Wildman–Crippen MR) is 96.2 cm³/mol. The van der Waals surface area contributed by atoms with Gasteiger partial charge in [0.1, 0.15) is 5.82 Å². The van der Waals surface area contributed by atoms with Crippen molar-refractivity contribution in [2.24, 2.45) is 0 Å². The second-order valence-electron chi connectivity index (χ2n) is 5.57. The number of anilines is 1. The Morgan fingerprint density at radius 2 is 1.73 bits per heavy atom. The van der Waals surface area contributed by atoms with Crippen LogP contribution in [0.25, 0.3) is 0 Å². The Kier molecular flexibility index (Phi) is 6.84. The Bertz CT molecular complexity index is 808. The first-order valence-electron chi connectivity index (χ1n) is 8.17. The second kappa shape index (κ2) is 9.31. The zero-order chi connectivity index (χ0) is 18.9. The summed E-state index contributed by atoms with van der Waals surface area (Å²) in [4.78, 5) is 35.6. The van der Waals surface area contributed by atoms with Crippen LogP contribution in [0.5, 0.6) is 0 Å². The molecule has 6 nitrogen and oxygen atoms in total. The first-order valence-corrected chi connectivity index (χ1v) is 8.17. The normalized spacial score (nSPS) is 10.1. The smallest absolute Gasteiger partial charge is 0.251 e. The Balaban J connectivity index is 1.84. The number of nitrogens with one attached hydrogen (secondary N) is 3. The molecule has 26 heavy (non-hydrogen) atoms. The van der Waals surface area contributed by atoms with Gasteiger partial charge in [0, 0.05) is 17.8 Å². The SMILES string of the molecule is CCNC(=O)c1cccc(NC(=O)CNC(=O)Cc2cccc(F)c2)c1. The van der Waals surface area contributed by atoms with E-state index in [1.807, 2.05) is 6.92 Å². The van der Waals surface area contributed by atoms with E-state index in [9.17, 15) is 18.8 Å². The average molecular weight is 357 g/mol. The maximum Gasteiger partial charge on any atom is 0.251 e. The zero-order valence-electron chi connectivity index (χ0n) is 14.3. The number of amides is 3. The van der Waals surface area contributed by atoms with Crippen LogP contribution in [0.2, 0.25) is 0 Å². The fraction of sp³-hybridized carbons (Fsp3) is 0.211. The molecule has 0 unspecified atom stereocenters. The van der Waals surface area contributed by atoms with Crippen molar-refractivity contribution in [3.63, 3.8) is 0 Å². The summed E-state index contributed by atoms with van der Waals surface area (Å²) >= 11 is 0. The van der Waals surface area contributed by atoms with E-state index >= 15 is 0 Å². The highest BCUT2D eigenvalue weighted by Gasteiger charge is 2.09. The van der Waals surface area contributed by atoms with Crippen LogP contribution in [0.4, 0.5) is 10.1 Å². The molecule has 0 aliphatic heterocycles. The highest BCUT2D eigenvalue weighted by Crippen LogP contribution is 2.10. The van der Waals surface area contributed by atoms with Crippen LogP contribution < -0.4 is 16.0 Å². The highest BCUT2D eigenvalue weighted by atomic mass is 19.1. The Labute approximate surface area is 150 Å². The molecule has 2 aromatic rings. The third-order valence-electron chi connectivity index (χ3n) is 3.45. The van der Waals surface area contributed by atoms with Gasteiger partial charge in [0.15, 0.2) is 0 Å². The average Bonchev–Trinajstić information content (AvgIpc) is 2.60. The van der Waals surface area contributed by atoms with E-state index in [1.54, 1.807) is 30.3 Å². The molecule has 0 aliphatic rings. The lowest BCUT2D eigenvalue weighted by Crippen LogP contribution is -2.33. The summed E-state index contributed by atoms with van der Waals surface area (Å²) in [5.74, 6) is -1.46. The molecule has 0 aliphatic carbocycles. The summed E-state index contributed by atoms with van der Waals surface area (Å²) < 4.78 is 13.1. The molecule has 3 N–H and O–H groups in total. The molecule has 136 valence electrons. The predicted octanol–water partition coefficient (Wildman–Crippen LogP) is 1.87. The van der Waals surface area contributed by atoms with Gasteiger partial charge in [0.25, 0.3) is 5.91 Å². The molecule has 0 aromatic heterocycles. The summed E-state index contributed by atoms with van der Waals surface area (Å²) in [5.41, 5.74) is 1.41. The number of hydrogen-bond donors (Lipinski definition) is 3. The van der Waals surface area contributed by atoms with Crippen LogP contribution in [-0.2, 0) is 16.0 Å². The van der Waals surface area contributed by atoms with Crippen molar-refractivity contribution in [1.29, 1.82) is 0 Å². The van der Waals surface area contributed by atoms with E-state index in [1.165, 1.54) is 18.2 Å². The maximum atomic E-state index is 13.1. The van der Waals surface area contributed by atoms with Crippen LogP contribution >= 0.6 is 0 Å². The van der Waals surface area contributed by atoms with Crippen LogP contribution in [0.1, 0.15) is 22.8 Å². The van der Waals surface area contributed by atoms with E-state index in [-0.39, 0.29) is 24.8 Å². The van der Waals surface area contributed by atoms with Crippen LogP contribution in [0.3, 0.4) is 0 Å². The second-order valence-corrected chi connectivity index (χ2v) is 5.57. The van der Waals surface area contributed by atoms with Gasteiger partial charge in [0.05, 0.1) is 13.0 Å². The van der Waals surface area contributed by atoms with E-state index in [4.69, 9.17) is 0 Å². The van der Waals surface area contributed by atoms with Gasteiger partial charge in [-0.25, -0.2) is 4.39 Å². The Morgan fingerprint density at radius 1 is 0.962 bits per heavy atom. The van der Waals surface area contributed by atoms with Gasteiger partial charge in [-0.1, -0.05) is 18.2 Å². The highest BCUT2D eigenvalue weighted by molar-refractivity contribution is 5.98. The molecule has 3 amide bonds. The fourth-order valence-corrected chi connectivity index (χ4v) is 2.28. The Hall–Kier alpha value is -3.22. The molecular formula is C19H20FN3O3. The van der Waals surface area contributed by atoms with E-state index in [2.05, 4.69) is 16.0 Å². The zero-order valence-corrected chi connectivity index (χ0v) is 14.3. The van der Waals surface area contributed by atoms with Gasteiger partial charge in [-0.05, 0) is 42.8 Å². The summed E-state index contributed by atoms with van der Waals surface area (Å²) in [5, 5.41) is 7.76. The molecule has 0 fully saturated rings. The summed E-state index contributed by atoms with van der Waals surface area (Å²) in [7, 11) is 0. The first kappa shape index (κ1) is 19.1. The third kappa shape index (κ3) is 6.01. The minimum absolute atomic E-state index is 0.0162. The quantitative estimate of drug-likeness (QED) is 0.707. The number of halogens is 1. The molecule has 2 aromatic carbocycles. The minimum Gasteiger partial charge on any atom is -0.352 e. The summed E-state index contributed by atoms with van der Waals surface area (Å²) in [6.07, 6.45) is -0.0162. The van der Waals surface area contributed by atoms with Crippen LogP contribution in [0, 0.1) is 5.82 Å². The lowest BCUT2D eigenvalue weighted by Gasteiger charge is -2.09. The Morgan fingerprint density at radius 3 is 2.46 bits per heavy atom. The summed E-state index contributed by atoms with van der Waals surface area (Å²) in [6.45, 7) is 2.10. The fourth-order valence-electron chi connectivity index (χ4n) is 2.28. The first-order chi connectivity index (χ1) is 12.5. The minimum atomic E-state index is -0.425. The molecule has 0 saturated carbocycles. The van der Waals surface area contributed by atoms with Crippen molar-refractivity contribution in [2.45, 2.75) is 13.3 Å². The lowest BCUT2D eigenvalue weighted by atomic mass is 10.1. The van der Waals surface area contributed by atoms with Gasteiger partial charge >= 0.3 is 0 Å². The third-order valence-corrected chi connectivity index (χ3v) is 3.45. The van der Waals surface area contributed by atoms with Crippen molar-refractivity contribution >= 4 is 23.4 Å². The number of carbonyl (C=O) groups excluding carboxylic acids is 3. The molecule has 0 heterocycles. The number of hydrogen-bond acceptors (Lipinski definition) is 3. The molecular weight excluding hydrogens is 337 g/mol. The molecule has 0 bridgehead atoms. The largest absolute Gasteiger partial charge is 0.352 e. The van der Waals surface area contributed by atoms with Crippen molar-refractivity contribution in [1.82, 2.24) is 10.6 Å². The standard InChI is InChI=1S/C19H20FN3O3/c1-2-21-19(26)14-6-4-8-16(11-14)23-18(25)12-22-17(24)10-13-5-3-7-15(20)9-13/h3-9,11H,2,10,12H2,1H3,(H,21,26)(H,22,24)(H,23,25). The van der Waals surface area contributed by atoms with Gasteiger partial charge in [-0.2, -0.15) is 0 Å². The number of carbonyl (C=O) groups is 3. The van der Waals surface area contributed by atoms with Gasteiger partial charge in [-0.15, -0.1) is 0 Å². The van der Waals surface area contributed by atoms with E-state index in [0.717, 1.165) is 0 Å². The van der Waals surface area contributed by atoms with Crippen molar-refractivity contribution in [3.8, 4) is 0 Å². The molecule has 0 spiro atoms. The van der Waals surface area contributed by atoms with Gasteiger partial charge < -0.3 is 16.0 Å². The maximum absolute atomic E-state index is 13.1. The molecule has 2 rings (SSSR count). The monoisotopic (exact) mass is 357 g/mol. The van der Waals surface area contributed by atoms with Crippen molar-refractivity contribution < 1.29 is 18.8 Å². The van der Waals surface area contributed by atoms with Crippen molar-refractivity contribution in [2.75, 3.05) is 18.4 Å². The van der Waals surface area contributed by atoms with Crippen molar-refractivity contribution in [3.05, 3.63) is 65.5 Å². The number of rotatable bonds is 7. The van der Waals surface area contributed by atoms with E-state index < -0.39 is 11.7 Å².